The summed E-state index contributed by atoms with van der Waals surface area (Å²) in [5, 5.41) is 4.64. The topological polar surface area (TPSA) is 12.0 Å². The van der Waals surface area contributed by atoms with Crippen molar-refractivity contribution < 1.29 is 0 Å². The molecule has 0 aliphatic heterocycles. The van der Waals surface area contributed by atoms with Crippen molar-refractivity contribution in [3.63, 3.8) is 0 Å². The quantitative estimate of drug-likeness (QED) is 0.823. The standard InChI is InChI=1S/C16H15Cl2N/c17-13-7-4-8-14(15(13)18)19-11-16(9-10-16)12-5-2-1-3-6-12/h1-8,19H,9-11H2. The fourth-order valence-electron chi connectivity index (χ4n) is 2.41. The largest absolute Gasteiger partial charge is 0.383 e. The second-order valence-electron chi connectivity index (χ2n) is 5.10. The third-order valence-corrected chi connectivity index (χ3v) is 4.63. The molecule has 0 aromatic heterocycles. The first-order chi connectivity index (χ1) is 9.21. The van der Waals surface area contributed by atoms with E-state index >= 15 is 0 Å². The molecule has 0 radical (unpaired) electrons. The minimum Gasteiger partial charge on any atom is -0.383 e. The fourth-order valence-corrected chi connectivity index (χ4v) is 2.78. The highest BCUT2D eigenvalue weighted by atomic mass is 35.5. The van der Waals surface area contributed by atoms with Crippen molar-refractivity contribution in [1.82, 2.24) is 0 Å². The van der Waals surface area contributed by atoms with Crippen molar-refractivity contribution in [2.45, 2.75) is 18.3 Å². The number of rotatable bonds is 4. The van der Waals surface area contributed by atoms with Gasteiger partial charge in [-0.05, 0) is 30.5 Å². The number of benzene rings is 2. The Morgan fingerprint density at radius 1 is 0.947 bits per heavy atom. The Morgan fingerprint density at radius 2 is 1.68 bits per heavy atom. The summed E-state index contributed by atoms with van der Waals surface area (Å²) in [6, 6.07) is 16.3. The van der Waals surface area contributed by atoms with E-state index in [0.717, 1.165) is 12.2 Å². The molecule has 2 aromatic carbocycles. The Labute approximate surface area is 123 Å². The lowest BCUT2D eigenvalue weighted by Crippen LogP contribution is -2.19. The van der Waals surface area contributed by atoms with Crippen LogP contribution in [0.1, 0.15) is 18.4 Å². The molecular weight excluding hydrogens is 277 g/mol. The molecule has 1 aliphatic carbocycles. The molecule has 1 fully saturated rings. The third kappa shape index (κ3) is 2.58. The fraction of sp³-hybridized carbons (Fsp3) is 0.250. The van der Waals surface area contributed by atoms with Crippen LogP contribution in [0.4, 0.5) is 5.69 Å². The van der Waals surface area contributed by atoms with Crippen molar-refractivity contribution in [3.8, 4) is 0 Å². The van der Waals surface area contributed by atoms with Crippen LogP contribution in [-0.4, -0.2) is 6.54 Å². The molecule has 19 heavy (non-hydrogen) atoms. The van der Waals surface area contributed by atoms with Gasteiger partial charge < -0.3 is 5.32 Å². The lowest BCUT2D eigenvalue weighted by molar-refractivity contribution is 0.733. The molecule has 0 amide bonds. The van der Waals surface area contributed by atoms with Gasteiger partial charge in [0.2, 0.25) is 0 Å². The molecule has 3 rings (SSSR count). The monoisotopic (exact) mass is 291 g/mol. The second-order valence-corrected chi connectivity index (χ2v) is 5.89. The predicted molar refractivity (Wildman–Crippen MR) is 82.3 cm³/mol. The van der Waals surface area contributed by atoms with Crippen molar-refractivity contribution >= 4 is 28.9 Å². The van der Waals surface area contributed by atoms with E-state index in [1.54, 1.807) is 6.07 Å². The Bertz CT molecular complexity index is 577. The first-order valence-corrected chi connectivity index (χ1v) is 7.20. The molecule has 0 bridgehead atoms. The summed E-state index contributed by atoms with van der Waals surface area (Å²) < 4.78 is 0. The Kier molecular flexibility index (Phi) is 3.42. The zero-order valence-corrected chi connectivity index (χ0v) is 12.0. The first kappa shape index (κ1) is 12.8. The molecule has 1 nitrogen and oxygen atoms in total. The molecule has 0 heterocycles. The number of hydrogen-bond donors (Lipinski definition) is 1. The van der Waals surface area contributed by atoms with Crippen molar-refractivity contribution in [2.75, 3.05) is 11.9 Å². The average Bonchev–Trinajstić information content (AvgIpc) is 3.23. The summed E-state index contributed by atoms with van der Waals surface area (Å²) >= 11 is 12.2. The van der Waals surface area contributed by atoms with Gasteiger partial charge in [0.15, 0.2) is 0 Å². The molecule has 0 saturated heterocycles. The number of hydrogen-bond acceptors (Lipinski definition) is 1. The zero-order chi connectivity index (χ0) is 13.3. The number of halogens is 2. The molecule has 2 aromatic rings. The molecule has 1 aliphatic rings. The van der Waals surface area contributed by atoms with Gasteiger partial charge >= 0.3 is 0 Å². The van der Waals surface area contributed by atoms with Crippen LogP contribution in [0, 0.1) is 0 Å². The summed E-state index contributed by atoms with van der Waals surface area (Å²) in [7, 11) is 0. The molecule has 1 saturated carbocycles. The smallest absolute Gasteiger partial charge is 0.0823 e. The first-order valence-electron chi connectivity index (χ1n) is 6.45. The maximum absolute atomic E-state index is 6.19. The highest BCUT2D eigenvalue weighted by molar-refractivity contribution is 6.43. The van der Waals surface area contributed by atoms with Gasteiger partial charge in [0.1, 0.15) is 0 Å². The zero-order valence-electron chi connectivity index (χ0n) is 10.5. The lowest BCUT2D eigenvalue weighted by Gasteiger charge is -2.18. The van der Waals surface area contributed by atoms with Crippen molar-refractivity contribution in [2.24, 2.45) is 0 Å². The maximum Gasteiger partial charge on any atom is 0.0823 e. The number of nitrogens with one attached hydrogen (secondary N) is 1. The summed E-state index contributed by atoms with van der Waals surface area (Å²) in [5.74, 6) is 0. The van der Waals surface area contributed by atoms with Gasteiger partial charge in [0, 0.05) is 12.0 Å². The Balaban J connectivity index is 1.75. The summed E-state index contributed by atoms with van der Waals surface area (Å²) in [6.45, 7) is 0.900. The van der Waals surface area contributed by atoms with E-state index in [1.165, 1.54) is 18.4 Å². The minimum absolute atomic E-state index is 0.271. The van der Waals surface area contributed by atoms with Gasteiger partial charge in [0.05, 0.1) is 15.7 Å². The second kappa shape index (κ2) is 5.07. The molecule has 0 atom stereocenters. The Hall–Kier alpha value is -1.18. The molecule has 98 valence electrons. The van der Waals surface area contributed by atoms with Crippen LogP contribution in [0.2, 0.25) is 10.0 Å². The van der Waals surface area contributed by atoms with Gasteiger partial charge in [-0.2, -0.15) is 0 Å². The molecule has 3 heteroatoms. The van der Waals surface area contributed by atoms with Crippen molar-refractivity contribution in [3.05, 3.63) is 64.1 Å². The average molecular weight is 292 g/mol. The number of anilines is 1. The molecule has 1 N–H and O–H groups in total. The Morgan fingerprint density at radius 3 is 2.37 bits per heavy atom. The third-order valence-electron chi connectivity index (χ3n) is 3.81. The van der Waals surface area contributed by atoms with Crippen LogP contribution < -0.4 is 5.32 Å². The van der Waals surface area contributed by atoms with Gasteiger partial charge in [-0.15, -0.1) is 0 Å². The van der Waals surface area contributed by atoms with Gasteiger partial charge in [-0.25, -0.2) is 0 Å². The van der Waals surface area contributed by atoms with Gasteiger partial charge in [0.25, 0.3) is 0 Å². The van der Waals surface area contributed by atoms with E-state index < -0.39 is 0 Å². The molecule has 0 spiro atoms. The van der Waals surface area contributed by atoms with E-state index in [4.69, 9.17) is 23.2 Å². The van der Waals surface area contributed by atoms with Crippen LogP contribution in [-0.2, 0) is 5.41 Å². The molecular formula is C16H15Cl2N. The molecule has 0 unspecified atom stereocenters. The van der Waals surface area contributed by atoms with Gasteiger partial charge in [-0.3, -0.25) is 0 Å². The van der Waals surface area contributed by atoms with Crippen LogP contribution in [0.25, 0.3) is 0 Å². The normalized spacial score (nSPS) is 16.1. The summed E-state index contributed by atoms with van der Waals surface area (Å²) in [6.07, 6.45) is 2.45. The minimum atomic E-state index is 0.271. The van der Waals surface area contributed by atoms with Crippen molar-refractivity contribution in [1.29, 1.82) is 0 Å². The lowest BCUT2D eigenvalue weighted by atomic mass is 9.96. The van der Waals surface area contributed by atoms with E-state index in [2.05, 4.69) is 35.6 Å². The maximum atomic E-state index is 6.19. The van der Waals surface area contributed by atoms with E-state index in [1.807, 2.05) is 12.1 Å². The van der Waals surface area contributed by atoms with Crippen LogP contribution in [0.15, 0.2) is 48.5 Å². The SMILES string of the molecule is Clc1cccc(NCC2(c3ccccc3)CC2)c1Cl. The van der Waals surface area contributed by atoms with E-state index in [-0.39, 0.29) is 5.41 Å². The highest BCUT2D eigenvalue weighted by Crippen LogP contribution is 2.48. The predicted octanol–water partition coefficient (Wildman–Crippen LogP) is 5.14. The van der Waals surface area contributed by atoms with Crippen LogP contribution in [0.5, 0.6) is 0 Å². The summed E-state index contributed by atoms with van der Waals surface area (Å²) in [5.41, 5.74) is 2.59. The highest BCUT2D eigenvalue weighted by Gasteiger charge is 2.43. The summed E-state index contributed by atoms with van der Waals surface area (Å²) in [4.78, 5) is 0. The van der Waals surface area contributed by atoms with Crippen LogP contribution >= 0.6 is 23.2 Å². The van der Waals surface area contributed by atoms with E-state index in [0.29, 0.717) is 10.0 Å². The van der Waals surface area contributed by atoms with Gasteiger partial charge in [-0.1, -0.05) is 59.6 Å². The van der Waals surface area contributed by atoms with E-state index in [9.17, 15) is 0 Å². The van der Waals surface area contributed by atoms with Crippen LogP contribution in [0.3, 0.4) is 0 Å².